The highest BCUT2D eigenvalue weighted by atomic mass is 35.5. The van der Waals surface area contributed by atoms with Crippen LogP contribution in [0.3, 0.4) is 0 Å². The van der Waals surface area contributed by atoms with Crippen molar-refractivity contribution in [3.05, 3.63) is 69.9 Å². The molecule has 7 nitrogen and oxygen atoms in total. The topological polar surface area (TPSA) is 78.3 Å². The molecule has 1 aliphatic heterocycles. The highest BCUT2D eigenvalue weighted by molar-refractivity contribution is 7.98. The molecule has 0 saturated carbocycles. The maximum atomic E-state index is 13.6. The molecule has 39 heavy (non-hydrogen) atoms. The van der Waals surface area contributed by atoms with Crippen molar-refractivity contribution in [1.29, 1.82) is 0 Å². The summed E-state index contributed by atoms with van der Waals surface area (Å²) in [6.45, 7) is 9.50. The number of Topliss-reactive ketones (excluding diaryl/α,β-unsaturated/α-hetero) is 1. The molecule has 1 aromatic heterocycles. The number of aromatic nitrogens is 3. The van der Waals surface area contributed by atoms with E-state index in [1.165, 1.54) is 11.8 Å². The van der Waals surface area contributed by atoms with Crippen molar-refractivity contribution >= 4 is 35.1 Å². The first-order chi connectivity index (χ1) is 18.8. The van der Waals surface area contributed by atoms with Crippen LogP contribution in [0.2, 0.25) is 5.02 Å². The van der Waals surface area contributed by atoms with E-state index in [9.17, 15) is 4.79 Å². The maximum Gasteiger partial charge on any atom is 0.227 e. The maximum absolute atomic E-state index is 13.6. The van der Waals surface area contributed by atoms with Gasteiger partial charge in [-0.2, -0.15) is 4.98 Å². The number of nitrogens with one attached hydrogen (secondary N) is 1. The zero-order chi connectivity index (χ0) is 27.6. The molecule has 1 N–H and O–H groups in total. The second kappa shape index (κ2) is 11.6. The molecule has 0 bridgehead atoms. The number of thioether (sulfide) groups is 1. The summed E-state index contributed by atoms with van der Waals surface area (Å²) in [6.07, 6.45) is 3.27. The predicted octanol–water partition coefficient (Wildman–Crippen LogP) is 7.46. The normalized spacial score (nSPS) is 17.9. The first-order valence-electron chi connectivity index (χ1n) is 13.5. The van der Waals surface area contributed by atoms with Crippen molar-refractivity contribution in [3.63, 3.8) is 0 Å². The number of anilines is 1. The molecule has 2 heterocycles. The Morgan fingerprint density at radius 2 is 1.95 bits per heavy atom. The molecule has 1 atom stereocenters. The van der Waals surface area contributed by atoms with E-state index in [4.69, 9.17) is 31.2 Å². The minimum absolute atomic E-state index is 0.131. The van der Waals surface area contributed by atoms with Gasteiger partial charge >= 0.3 is 0 Å². The van der Waals surface area contributed by atoms with Gasteiger partial charge in [0.2, 0.25) is 11.1 Å². The quantitative estimate of drug-likeness (QED) is 0.201. The molecular formula is C30H35ClN4O3S. The van der Waals surface area contributed by atoms with Gasteiger partial charge in [-0.1, -0.05) is 74.8 Å². The number of nitrogens with zero attached hydrogens (tertiary/aromatic N) is 3. The van der Waals surface area contributed by atoms with Gasteiger partial charge in [-0.25, -0.2) is 4.68 Å². The zero-order valence-electron chi connectivity index (χ0n) is 22.9. The summed E-state index contributed by atoms with van der Waals surface area (Å²) in [6, 6.07) is 13.3. The number of ether oxygens (including phenoxy) is 2. The van der Waals surface area contributed by atoms with Crippen LogP contribution < -0.4 is 14.8 Å². The lowest BCUT2D eigenvalue weighted by Crippen LogP contribution is -2.36. The van der Waals surface area contributed by atoms with E-state index in [0.717, 1.165) is 46.7 Å². The van der Waals surface area contributed by atoms with Gasteiger partial charge in [-0.05, 0) is 54.5 Å². The number of fused-ring (bicyclic) bond motifs is 1. The largest absolute Gasteiger partial charge is 0.490 e. The van der Waals surface area contributed by atoms with Gasteiger partial charge < -0.3 is 14.8 Å². The molecule has 0 amide bonds. The number of carbonyl (C=O) groups excluding carboxylic acids is 1. The van der Waals surface area contributed by atoms with Crippen LogP contribution in [-0.4, -0.2) is 33.8 Å². The van der Waals surface area contributed by atoms with Gasteiger partial charge in [0.05, 0.1) is 13.2 Å². The summed E-state index contributed by atoms with van der Waals surface area (Å²) in [4.78, 5) is 18.4. The first-order valence-corrected chi connectivity index (χ1v) is 14.9. The van der Waals surface area contributed by atoms with E-state index >= 15 is 0 Å². The van der Waals surface area contributed by atoms with E-state index in [1.807, 2.05) is 54.1 Å². The number of ketones is 1. The molecule has 1 unspecified atom stereocenters. The van der Waals surface area contributed by atoms with Crippen molar-refractivity contribution in [2.45, 2.75) is 70.3 Å². The van der Waals surface area contributed by atoms with Crippen LogP contribution in [-0.2, 0) is 10.5 Å². The molecule has 206 valence electrons. The summed E-state index contributed by atoms with van der Waals surface area (Å²) < 4.78 is 13.8. The Bertz CT molecular complexity index is 1400. The van der Waals surface area contributed by atoms with Crippen molar-refractivity contribution in [2.24, 2.45) is 5.41 Å². The average molecular weight is 567 g/mol. The minimum atomic E-state index is -0.411. The second-order valence-corrected chi connectivity index (χ2v) is 12.1. The molecule has 1 aliphatic carbocycles. The van der Waals surface area contributed by atoms with Crippen LogP contribution >= 0.6 is 23.4 Å². The van der Waals surface area contributed by atoms with E-state index in [0.29, 0.717) is 48.0 Å². The number of allylic oxidation sites excluding steroid dienone is 2. The lowest BCUT2D eigenvalue weighted by Gasteiger charge is -2.38. The van der Waals surface area contributed by atoms with E-state index in [1.54, 1.807) is 0 Å². The van der Waals surface area contributed by atoms with Gasteiger partial charge in [0.1, 0.15) is 6.04 Å². The summed E-state index contributed by atoms with van der Waals surface area (Å²) in [5, 5.41) is 9.68. The summed E-state index contributed by atoms with van der Waals surface area (Å²) >= 11 is 7.90. The predicted molar refractivity (Wildman–Crippen MR) is 156 cm³/mol. The fourth-order valence-corrected chi connectivity index (χ4v) is 6.24. The number of hydrogen-bond acceptors (Lipinski definition) is 7. The van der Waals surface area contributed by atoms with Crippen LogP contribution in [0.4, 0.5) is 5.95 Å². The number of halogens is 1. The molecule has 2 aromatic carbocycles. The Hall–Kier alpha value is -2.97. The Morgan fingerprint density at radius 1 is 1.13 bits per heavy atom. The molecular weight excluding hydrogens is 532 g/mol. The first kappa shape index (κ1) is 27.6. The molecule has 0 saturated heterocycles. The molecule has 2 aliphatic rings. The lowest BCUT2D eigenvalue weighted by atomic mass is 9.73. The van der Waals surface area contributed by atoms with Crippen molar-refractivity contribution in [2.75, 3.05) is 18.5 Å². The average Bonchev–Trinajstić information content (AvgIpc) is 3.30. The Kier molecular flexibility index (Phi) is 8.24. The monoisotopic (exact) mass is 566 g/mol. The fourth-order valence-electron chi connectivity index (χ4n) is 5.13. The number of hydrogen-bond donors (Lipinski definition) is 1. The third-order valence-corrected chi connectivity index (χ3v) is 8.22. The smallest absolute Gasteiger partial charge is 0.227 e. The van der Waals surface area contributed by atoms with E-state index < -0.39 is 6.04 Å². The third-order valence-electron chi connectivity index (χ3n) is 6.97. The number of benzene rings is 2. The molecule has 5 rings (SSSR count). The van der Waals surface area contributed by atoms with Crippen LogP contribution in [0.15, 0.2) is 58.9 Å². The molecule has 0 fully saturated rings. The zero-order valence-corrected chi connectivity index (χ0v) is 24.5. The standard InChI is InChI=1S/C30H35ClN4O3S/c1-5-7-14-38-24-13-12-19(15-25(24)37-6-2)27-26-22(16-30(3,4)17-23(26)36)32-28-33-29(34-35(27)28)39-18-20-10-8-9-11-21(20)31/h8-13,15,27H,5-7,14,16-18H2,1-4H3,(H,32,33,34). The SMILES string of the molecule is CCCCOc1ccc(C2C3=C(CC(C)(C)CC3=O)Nc3nc(SCc4ccccc4Cl)nn32)cc1OCC. The minimum Gasteiger partial charge on any atom is -0.490 e. The molecule has 3 aromatic rings. The van der Waals surface area contributed by atoms with E-state index in [2.05, 4.69) is 26.1 Å². The van der Waals surface area contributed by atoms with Crippen molar-refractivity contribution in [1.82, 2.24) is 14.8 Å². The van der Waals surface area contributed by atoms with Crippen molar-refractivity contribution in [3.8, 4) is 11.5 Å². The van der Waals surface area contributed by atoms with Gasteiger partial charge in [-0.15, -0.1) is 5.10 Å². The van der Waals surface area contributed by atoms with Crippen LogP contribution in [0.25, 0.3) is 0 Å². The third kappa shape index (κ3) is 5.97. The highest BCUT2D eigenvalue weighted by Crippen LogP contribution is 2.47. The molecule has 0 spiro atoms. The number of rotatable bonds is 10. The Balaban J connectivity index is 1.53. The lowest BCUT2D eigenvalue weighted by molar-refractivity contribution is -0.118. The number of carbonyl (C=O) groups is 1. The Morgan fingerprint density at radius 3 is 2.72 bits per heavy atom. The van der Waals surface area contributed by atoms with Gasteiger partial charge in [0.15, 0.2) is 17.3 Å². The fraction of sp³-hybridized carbons (Fsp3) is 0.433. The van der Waals surface area contributed by atoms with E-state index in [-0.39, 0.29) is 11.2 Å². The summed E-state index contributed by atoms with van der Waals surface area (Å²) in [5.74, 6) is 2.79. The number of unbranched alkanes of at least 4 members (excludes halogenated alkanes) is 1. The summed E-state index contributed by atoms with van der Waals surface area (Å²) in [7, 11) is 0. The van der Waals surface area contributed by atoms with Gasteiger partial charge in [0.25, 0.3) is 0 Å². The van der Waals surface area contributed by atoms with Crippen LogP contribution in [0.5, 0.6) is 11.5 Å². The van der Waals surface area contributed by atoms with Crippen molar-refractivity contribution < 1.29 is 14.3 Å². The van der Waals surface area contributed by atoms with Crippen LogP contribution in [0.1, 0.15) is 70.5 Å². The molecule has 0 radical (unpaired) electrons. The summed E-state index contributed by atoms with van der Waals surface area (Å²) in [5.41, 5.74) is 3.47. The highest BCUT2D eigenvalue weighted by Gasteiger charge is 2.42. The molecule has 9 heteroatoms. The Labute approximate surface area is 239 Å². The van der Waals surface area contributed by atoms with Crippen LogP contribution in [0, 0.1) is 5.41 Å². The van der Waals surface area contributed by atoms with Gasteiger partial charge in [0, 0.05) is 28.5 Å². The van der Waals surface area contributed by atoms with Gasteiger partial charge in [-0.3, -0.25) is 4.79 Å². The second-order valence-electron chi connectivity index (χ2n) is 10.7.